The summed E-state index contributed by atoms with van der Waals surface area (Å²) >= 11 is 5.72. The van der Waals surface area contributed by atoms with E-state index in [9.17, 15) is 0 Å². The van der Waals surface area contributed by atoms with Crippen molar-refractivity contribution in [3.63, 3.8) is 0 Å². The van der Waals surface area contributed by atoms with E-state index < -0.39 is 0 Å². The van der Waals surface area contributed by atoms with E-state index in [4.69, 9.17) is 12.2 Å². The second-order valence-electron chi connectivity index (χ2n) is 7.27. The van der Waals surface area contributed by atoms with Crippen LogP contribution in [0, 0.1) is 0 Å². The van der Waals surface area contributed by atoms with E-state index in [2.05, 4.69) is 91.6 Å². The van der Waals surface area contributed by atoms with Gasteiger partial charge in [0, 0.05) is 18.8 Å². The van der Waals surface area contributed by atoms with Gasteiger partial charge in [-0.15, -0.1) is 0 Å². The van der Waals surface area contributed by atoms with Crippen molar-refractivity contribution in [2.24, 2.45) is 0 Å². The highest BCUT2D eigenvalue weighted by molar-refractivity contribution is 7.80. The summed E-state index contributed by atoms with van der Waals surface area (Å²) in [7, 11) is 4.21. The summed E-state index contributed by atoms with van der Waals surface area (Å²) in [4.78, 5) is 4.46. The minimum atomic E-state index is 0.539. The molecule has 26 heavy (non-hydrogen) atoms. The predicted octanol–water partition coefficient (Wildman–Crippen LogP) is 4.96. The number of benzene rings is 2. The number of nitrogens with one attached hydrogen (secondary N) is 1. The average molecular weight is 370 g/mol. The lowest BCUT2D eigenvalue weighted by molar-refractivity contribution is 0.346. The summed E-state index contributed by atoms with van der Waals surface area (Å²) in [5.74, 6) is 0.539. The van der Waals surface area contributed by atoms with E-state index in [-0.39, 0.29) is 0 Å². The molecule has 0 saturated carbocycles. The Bertz CT molecular complexity index is 666. The molecule has 0 aromatic heterocycles. The van der Waals surface area contributed by atoms with Gasteiger partial charge in [0.1, 0.15) is 0 Å². The maximum Gasteiger partial charge on any atom is 0.173 e. The lowest BCUT2D eigenvalue weighted by Crippen LogP contribution is -2.36. The highest BCUT2D eigenvalue weighted by Crippen LogP contribution is 2.18. The van der Waals surface area contributed by atoms with E-state index in [1.54, 1.807) is 0 Å². The minimum absolute atomic E-state index is 0.539. The first-order valence-corrected chi connectivity index (χ1v) is 9.71. The van der Waals surface area contributed by atoms with Crippen LogP contribution in [0.25, 0.3) is 0 Å². The predicted molar refractivity (Wildman–Crippen MR) is 117 cm³/mol. The third-order valence-corrected chi connectivity index (χ3v) is 4.73. The van der Waals surface area contributed by atoms with Gasteiger partial charge in [-0.05, 0) is 68.5 Å². The highest BCUT2D eigenvalue weighted by Gasteiger charge is 2.11. The molecule has 0 spiro atoms. The number of hydrogen-bond acceptors (Lipinski definition) is 2. The quantitative estimate of drug-likeness (QED) is 0.663. The van der Waals surface area contributed by atoms with Crippen LogP contribution in [0.4, 0.5) is 5.69 Å². The van der Waals surface area contributed by atoms with Crippen LogP contribution in [0.3, 0.4) is 0 Å². The standard InChI is InChI=1S/C22H31N3S/c1-18(2)20-11-13-21(14-12-20)23-22(26)25(16-8-15-24(3)4)17-19-9-6-5-7-10-19/h5-7,9-14,18H,8,15-17H2,1-4H3,(H,23,26). The molecule has 4 heteroatoms. The SMILES string of the molecule is CC(C)c1ccc(NC(=S)N(CCCN(C)C)Cc2ccccc2)cc1. The molecule has 0 amide bonds. The molecule has 2 aromatic rings. The summed E-state index contributed by atoms with van der Waals surface area (Å²) in [5, 5.41) is 4.19. The molecule has 0 fully saturated rings. The van der Waals surface area contributed by atoms with Gasteiger partial charge in [0.2, 0.25) is 0 Å². The number of thiocarbonyl (C=S) groups is 1. The van der Waals surface area contributed by atoms with Gasteiger partial charge >= 0.3 is 0 Å². The summed E-state index contributed by atoms with van der Waals surface area (Å²) in [6.45, 7) is 7.23. The fourth-order valence-corrected chi connectivity index (χ4v) is 3.06. The van der Waals surface area contributed by atoms with Gasteiger partial charge < -0.3 is 15.1 Å². The Morgan fingerprint density at radius 2 is 1.62 bits per heavy atom. The van der Waals surface area contributed by atoms with E-state index >= 15 is 0 Å². The molecule has 0 unspecified atom stereocenters. The number of hydrogen-bond donors (Lipinski definition) is 1. The zero-order valence-corrected chi connectivity index (χ0v) is 17.2. The fourth-order valence-electron chi connectivity index (χ4n) is 2.79. The maximum absolute atomic E-state index is 5.72. The molecule has 0 radical (unpaired) electrons. The third kappa shape index (κ3) is 6.77. The van der Waals surface area contributed by atoms with E-state index in [1.165, 1.54) is 11.1 Å². The topological polar surface area (TPSA) is 18.5 Å². The summed E-state index contributed by atoms with van der Waals surface area (Å²) in [5.41, 5.74) is 3.66. The zero-order chi connectivity index (χ0) is 18.9. The molecule has 2 rings (SSSR count). The number of nitrogens with zero attached hydrogens (tertiary/aromatic N) is 2. The Morgan fingerprint density at radius 3 is 2.19 bits per heavy atom. The largest absolute Gasteiger partial charge is 0.345 e. The highest BCUT2D eigenvalue weighted by atomic mass is 32.1. The molecule has 3 nitrogen and oxygen atoms in total. The van der Waals surface area contributed by atoms with Crippen molar-refractivity contribution in [2.45, 2.75) is 32.7 Å². The lowest BCUT2D eigenvalue weighted by Gasteiger charge is -2.27. The van der Waals surface area contributed by atoms with E-state index in [1.807, 2.05) is 6.07 Å². The molecule has 0 bridgehead atoms. The van der Waals surface area contributed by atoms with Gasteiger partial charge in [0.15, 0.2) is 5.11 Å². The van der Waals surface area contributed by atoms with E-state index in [0.29, 0.717) is 5.92 Å². The van der Waals surface area contributed by atoms with Gasteiger partial charge in [-0.2, -0.15) is 0 Å². The monoisotopic (exact) mass is 369 g/mol. The van der Waals surface area contributed by atoms with Crippen molar-refractivity contribution in [3.8, 4) is 0 Å². The van der Waals surface area contributed by atoms with Crippen molar-refractivity contribution in [3.05, 3.63) is 65.7 Å². The molecule has 1 N–H and O–H groups in total. The molecular formula is C22H31N3S. The second-order valence-corrected chi connectivity index (χ2v) is 7.66. The van der Waals surface area contributed by atoms with Crippen LogP contribution in [0.2, 0.25) is 0 Å². The third-order valence-electron chi connectivity index (χ3n) is 4.37. The Kier molecular flexibility index (Phi) is 8.07. The van der Waals surface area contributed by atoms with Crippen LogP contribution in [0.15, 0.2) is 54.6 Å². The molecule has 0 aliphatic carbocycles. The smallest absolute Gasteiger partial charge is 0.173 e. The molecule has 0 saturated heterocycles. The van der Waals surface area contributed by atoms with Gasteiger partial charge in [0.25, 0.3) is 0 Å². The Balaban J connectivity index is 2.03. The number of anilines is 1. The van der Waals surface area contributed by atoms with Gasteiger partial charge in [0.05, 0.1) is 0 Å². The van der Waals surface area contributed by atoms with Crippen LogP contribution in [0.5, 0.6) is 0 Å². The first-order chi connectivity index (χ1) is 12.5. The molecule has 0 aliphatic heterocycles. The van der Waals surface area contributed by atoms with Crippen LogP contribution in [-0.4, -0.2) is 42.1 Å². The van der Waals surface area contributed by atoms with Crippen LogP contribution >= 0.6 is 12.2 Å². The van der Waals surface area contributed by atoms with Gasteiger partial charge in [-0.25, -0.2) is 0 Å². The summed E-state index contributed by atoms with van der Waals surface area (Å²) in [6, 6.07) is 19.1. The minimum Gasteiger partial charge on any atom is -0.345 e. The molecule has 2 aromatic carbocycles. The van der Waals surface area contributed by atoms with Crippen molar-refractivity contribution in [2.75, 3.05) is 32.5 Å². The zero-order valence-electron chi connectivity index (χ0n) is 16.4. The average Bonchev–Trinajstić information content (AvgIpc) is 2.62. The molecule has 0 aliphatic rings. The van der Waals surface area contributed by atoms with Crippen molar-refractivity contribution < 1.29 is 0 Å². The molecule has 0 heterocycles. The van der Waals surface area contributed by atoms with Gasteiger partial charge in [-0.3, -0.25) is 0 Å². The summed E-state index contributed by atoms with van der Waals surface area (Å²) in [6.07, 6.45) is 1.08. The van der Waals surface area contributed by atoms with Crippen molar-refractivity contribution >= 4 is 23.0 Å². The fraction of sp³-hybridized carbons (Fsp3) is 0.409. The first kappa shape index (κ1) is 20.4. The Labute approximate surface area is 164 Å². The van der Waals surface area contributed by atoms with Crippen molar-refractivity contribution in [1.82, 2.24) is 9.80 Å². The van der Waals surface area contributed by atoms with Crippen LogP contribution in [0.1, 0.15) is 37.3 Å². The van der Waals surface area contributed by atoms with Crippen molar-refractivity contribution in [1.29, 1.82) is 0 Å². The molecule has 0 atom stereocenters. The molecule has 140 valence electrons. The lowest BCUT2D eigenvalue weighted by atomic mass is 10.0. The maximum atomic E-state index is 5.72. The Hall–Kier alpha value is -1.91. The van der Waals surface area contributed by atoms with Crippen LogP contribution in [-0.2, 0) is 6.54 Å². The molecular weight excluding hydrogens is 338 g/mol. The van der Waals surface area contributed by atoms with Gasteiger partial charge in [-0.1, -0.05) is 56.3 Å². The first-order valence-electron chi connectivity index (χ1n) is 9.30. The Morgan fingerprint density at radius 1 is 0.962 bits per heavy atom. The second kappa shape index (κ2) is 10.3. The normalized spacial score (nSPS) is 11.0. The van der Waals surface area contributed by atoms with E-state index in [0.717, 1.165) is 36.9 Å². The summed E-state index contributed by atoms with van der Waals surface area (Å²) < 4.78 is 0. The number of rotatable bonds is 8. The van der Waals surface area contributed by atoms with Crippen LogP contribution < -0.4 is 5.32 Å².